The van der Waals surface area contributed by atoms with E-state index in [2.05, 4.69) is 20.4 Å². The molecule has 0 aliphatic carbocycles. The molecule has 3 aromatic rings. The molecule has 2 N–H and O–H groups in total. The van der Waals surface area contributed by atoms with E-state index in [1.54, 1.807) is 17.7 Å². The van der Waals surface area contributed by atoms with Crippen molar-refractivity contribution < 1.29 is 0 Å². The second-order valence-corrected chi connectivity index (χ2v) is 5.81. The smallest absolute Gasteiger partial charge is 0.191 e. The maximum Gasteiger partial charge on any atom is 0.191 e. The Kier molecular flexibility index (Phi) is 2.68. The van der Waals surface area contributed by atoms with Gasteiger partial charge in [0.05, 0.1) is 28.6 Å². The van der Waals surface area contributed by atoms with Gasteiger partial charge in [0.15, 0.2) is 5.82 Å². The third-order valence-corrected chi connectivity index (χ3v) is 4.45. The molecule has 3 aromatic heterocycles. The molecule has 0 radical (unpaired) electrons. The minimum Gasteiger partial charge on any atom is -0.347 e. The Balaban J connectivity index is 1.67. The predicted octanol–water partition coefficient (Wildman–Crippen LogP) is 1.65. The van der Waals surface area contributed by atoms with Gasteiger partial charge in [0, 0.05) is 20.0 Å². The van der Waals surface area contributed by atoms with E-state index in [4.69, 9.17) is 4.98 Å². The summed E-state index contributed by atoms with van der Waals surface area (Å²) in [6.45, 7) is 0.793. The molecule has 0 spiro atoms. The number of hydrogen-bond acceptors (Lipinski definition) is 5. The molecular formula is C13H14N6S. The molecular weight excluding hydrogens is 272 g/mol. The fourth-order valence-electron chi connectivity index (χ4n) is 2.56. The van der Waals surface area contributed by atoms with Crippen LogP contribution < -0.4 is 5.32 Å². The normalized spacial score (nSPS) is 18.1. The van der Waals surface area contributed by atoms with Crippen molar-refractivity contribution in [3.8, 4) is 10.7 Å². The van der Waals surface area contributed by atoms with E-state index < -0.39 is 0 Å². The van der Waals surface area contributed by atoms with Gasteiger partial charge in [-0.2, -0.15) is 5.10 Å². The summed E-state index contributed by atoms with van der Waals surface area (Å²) in [6.07, 6.45) is 2.59. The Labute approximate surface area is 119 Å². The molecule has 0 aromatic carbocycles. The molecule has 4 heterocycles. The van der Waals surface area contributed by atoms with Crippen molar-refractivity contribution in [1.29, 1.82) is 0 Å². The number of aromatic nitrogens is 5. The van der Waals surface area contributed by atoms with Crippen molar-refractivity contribution >= 4 is 11.3 Å². The van der Waals surface area contributed by atoms with Gasteiger partial charge in [-0.15, -0.1) is 11.3 Å². The zero-order valence-corrected chi connectivity index (χ0v) is 11.8. The lowest BCUT2D eigenvalue weighted by molar-refractivity contribution is 0.450. The lowest BCUT2D eigenvalue weighted by atomic mass is 10.1. The molecule has 0 bridgehead atoms. The molecule has 1 atom stereocenters. The predicted molar refractivity (Wildman–Crippen MR) is 76.2 cm³/mol. The first kappa shape index (κ1) is 11.8. The van der Waals surface area contributed by atoms with Gasteiger partial charge in [-0.1, -0.05) is 6.07 Å². The molecule has 0 saturated carbocycles. The molecule has 102 valence electrons. The highest BCUT2D eigenvalue weighted by Crippen LogP contribution is 2.26. The van der Waals surface area contributed by atoms with Crippen LogP contribution in [0.4, 0.5) is 0 Å². The van der Waals surface area contributed by atoms with Gasteiger partial charge in [-0.3, -0.25) is 4.68 Å². The topological polar surface area (TPSA) is 71.4 Å². The number of nitrogens with one attached hydrogen (secondary N) is 2. The Bertz CT molecular complexity index is 726. The molecule has 1 unspecified atom stereocenters. The first-order valence-corrected chi connectivity index (χ1v) is 7.38. The minimum atomic E-state index is 0.164. The van der Waals surface area contributed by atoms with Gasteiger partial charge in [0.1, 0.15) is 5.82 Å². The summed E-state index contributed by atoms with van der Waals surface area (Å²) in [5, 5.41) is 10.0. The van der Waals surface area contributed by atoms with Crippen LogP contribution in [-0.2, 0) is 20.0 Å². The summed E-state index contributed by atoms with van der Waals surface area (Å²) in [6, 6.07) is 4.23. The Morgan fingerprint density at radius 2 is 2.40 bits per heavy atom. The molecule has 0 saturated heterocycles. The Hall–Kier alpha value is -1.99. The van der Waals surface area contributed by atoms with E-state index in [0.29, 0.717) is 0 Å². The number of aromatic amines is 1. The number of imidazole rings is 1. The van der Waals surface area contributed by atoms with E-state index in [1.807, 2.05) is 29.2 Å². The lowest BCUT2D eigenvalue weighted by Gasteiger charge is -2.21. The van der Waals surface area contributed by atoms with Crippen molar-refractivity contribution in [3.05, 3.63) is 41.1 Å². The van der Waals surface area contributed by atoms with Crippen molar-refractivity contribution in [2.75, 3.05) is 0 Å². The average molecular weight is 286 g/mol. The SMILES string of the molecule is Cn1nc(-c2cccs2)nc1C1Cc2nc[nH]c2CN1. The molecule has 1 aliphatic heterocycles. The van der Waals surface area contributed by atoms with Gasteiger partial charge >= 0.3 is 0 Å². The van der Waals surface area contributed by atoms with Gasteiger partial charge in [-0.05, 0) is 11.4 Å². The van der Waals surface area contributed by atoms with Crippen LogP contribution in [0.2, 0.25) is 0 Å². The van der Waals surface area contributed by atoms with Gasteiger partial charge in [0.25, 0.3) is 0 Å². The summed E-state index contributed by atoms with van der Waals surface area (Å²) in [5.74, 6) is 1.76. The van der Waals surface area contributed by atoms with Crippen LogP contribution in [0.25, 0.3) is 10.7 Å². The molecule has 0 fully saturated rings. The second-order valence-electron chi connectivity index (χ2n) is 4.86. The first-order chi connectivity index (χ1) is 9.81. The Morgan fingerprint density at radius 1 is 1.45 bits per heavy atom. The molecule has 7 heteroatoms. The molecule has 4 rings (SSSR count). The second kappa shape index (κ2) is 4.53. The minimum absolute atomic E-state index is 0.164. The summed E-state index contributed by atoms with van der Waals surface area (Å²) >= 11 is 1.66. The van der Waals surface area contributed by atoms with E-state index >= 15 is 0 Å². The van der Waals surface area contributed by atoms with E-state index in [9.17, 15) is 0 Å². The fourth-order valence-corrected chi connectivity index (χ4v) is 3.21. The summed E-state index contributed by atoms with van der Waals surface area (Å²) < 4.78 is 1.87. The van der Waals surface area contributed by atoms with Crippen molar-refractivity contribution in [2.45, 2.75) is 19.0 Å². The summed E-state index contributed by atoms with van der Waals surface area (Å²) in [7, 11) is 1.95. The third-order valence-electron chi connectivity index (χ3n) is 3.58. The quantitative estimate of drug-likeness (QED) is 0.751. The van der Waals surface area contributed by atoms with Gasteiger partial charge in [0.2, 0.25) is 0 Å². The number of hydrogen-bond donors (Lipinski definition) is 2. The summed E-state index contributed by atoms with van der Waals surface area (Å²) in [4.78, 5) is 13.3. The highest BCUT2D eigenvalue weighted by molar-refractivity contribution is 7.13. The number of rotatable bonds is 2. The molecule has 20 heavy (non-hydrogen) atoms. The van der Waals surface area contributed by atoms with Crippen LogP contribution in [0.1, 0.15) is 23.3 Å². The van der Waals surface area contributed by atoms with Crippen molar-refractivity contribution in [2.24, 2.45) is 7.05 Å². The van der Waals surface area contributed by atoms with Crippen LogP contribution in [0, 0.1) is 0 Å². The van der Waals surface area contributed by atoms with E-state index in [1.165, 1.54) is 5.69 Å². The number of thiophene rings is 1. The molecule has 1 aliphatic rings. The van der Waals surface area contributed by atoms with Crippen LogP contribution in [0.15, 0.2) is 23.8 Å². The standard InChI is InChI=1S/C13H14N6S/c1-19-13(17-12(18-19)11-3-2-4-20-11)9-5-8-10(6-14-9)16-7-15-8/h2-4,7,9,14H,5-6H2,1H3,(H,15,16). The number of H-pyrrole nitrogens is 1. The van der Waals surface area contributed by atoms with Gasteiger partial charge < -0.3 is 10.3 Å². The third kappa shape index (κ3) is 1.86. The van der Waals surface area contributed by atoms with Crippen LogP contribution in [0.5, 0.6) is 0 Å². The maximum atomic E-state index is 4.70. The zero-order chi connectivity index (χ0) is 13.5. The van der Waals surface area contributed by atoms with Crippen LogP contribution >= 0.6 is 11.3 Å². The average Bonchev–Trinajstić information content (AvgIpc) is 3.17. The van der Waals surface area contributed by atoms with Crippen molar-refractivity contribution in [1.82, 2.24) is 30.0 Å². The van der Waals surface area contributed by atoms with Gasteiger partial charge in [-0.25, -0.2) is 9.97 Å². The highest BCUT2D eigenvalue weighted by Gasteiger charge is 2.25. The monoisotopic (exact) mass is 286 g/mol. The summed E-state index contributed by atoms with van der Waals surface area (Å²) in [5.41, 5.74) is 2.29. The number of aryl methyl sites for hydroxylation is 1. The first-order valence-electron chi connectivity index (χ1n) is 6.50. The van der Waals surface area contributed by atoms with Crippen LogP contribution in [-0.4, -0.2) is 24.7 Å². The molecule has 6 nitrogen and oxygen atoms in total. The van der Waals surface area contributed by atoms with Crippen molar-refractivity contribution in [3.63, 3.8) is 0 Å². The molecule has 0 amide bonds. The number of nitrogens with zero attached hydrogens (tertiary/aromatic N) is 4. The lowest BCUT2D eigenvalue weighted by Crippen LogP contribution is -2.30. The largest absolute Gasteiger partial charge is 0.347 e. The van der Waals surface area contributed by atoms with Crippen LogP contribution in [0.3, 0.4) is 0 Å². The number of fused-ring (bicyclic) bond motifs is 1. The fraction of sp³-hybridized carbons (Fsp3) is 0.308. The zero-order valence-electron chi connectivity index (χ0n) is 11.0. The highest BCUT2D eigenvalue weighted by atomic mass is 32.1. The Morgan fingerprint density at radius 3 is 3.25 bits per heavy atom. The van der Waals surface area contributed by atoms with E-state index in [0.717, 1.165) is 35.2 Å². The van der Waals surface area contributed by atoms with E-state index in [-0.39, 0.29) is 6.04 Å². The maximum absolute atomic E-state index is 4.70.